The van der Waals surface area contributed by atoms with E-state index in [1.807, 2.05) is 6.92 Å². The molecule has 1 aliphatic carbocycles. The predicted octanol–water partition coefficient (Wildman–Crippen LogP) is 3.81. The van der Waals surface area contributed by atoms with Gasteiger partial charge in [-0.3, -0.25) is 0 Å². The molecule has 1 saturated carbocycles. The van der Waals surface area contributed by atoms with Gasteiger partial charge in [0, 0.05) is 23.7 Å². The van der Waals surface area contributed by atoms with Crippen LogP contribution in [0.15, 0.2) is 12.1 Å². The molecule has 0 bridgehead atoms. The van der Waals surface area contributed by atoms with Gasteiger partial charge in [-0.15, -0.1) is 0 Å². The lowest BCUT2D eigenvalue weighted by atomic mass is 9.77. The summed E-state index contributed by atoms with van der Waals surface area (Å²) >= 11 is 0. The number of rotatable bonds is 6. The highest BCUT2D eigenvalue weighted by molar-refractivity contribution is 5.33. The third-order valence-corrected chi connectivity index (χ3v) is 3.83. The molecule has 1 fully saturated rings. The lowest BCUT2D eigenvalue weighted by molar-refractivity contribution is 0.222. The first-order valence-electron chi connectivity index (χ1n) is 6.93. The first-order valence-corrected chi connectivity index (χ1v) is 6.93. The van der Waals surface area contributed by atoms with Crippen molar-refractivity contribution in [1.29, 1.82) is 0 Å². The average molecular weight is 269 g/mol. The Labute approximate surface area is 113 Å². The molecular weight excluding hydrogens is 248 g/mol. The Morgan fingerprint density at radius 1 is 1.32 bits per heavy atom. The minimum atomic E-state index is -0.516. The van der Waals surface area contributed by atoms with E-state index in [9.17, 15) is 8.78 Å². The molecule has 0 amide bonds. The molecule has 0 heterocycles. The molecule has 2 nitrogen and oxygen atoms in total. The highest BCUT2D eigenvalue weighted by Crippen LogP contribution is 2.40. The third-order valence-electron chi connectivity index (χ3n) is 3.83. The number of halogens is 2. The zero-order valence-electron chi connectivity index (χ0n) is 11.5. The molecule has 1 N–H and O–H groups in total. The molecule has 4 heteroatoms. The second kappa shape index (κ2) is 6.33. The van der Waals surface area contributed by atoms with Gasteiger partial charge >= 0.3 is 0 Å². The van der Waals surface area contributed by atoms with Crippen molar-refractivity contribution in [2.45, 2.75) is 38.6 Å². The van der Waals surface area contributed by atoms with Crippen molar-refractivity contribution in [2.75, 3.05) is 13.7 Å². The lowest BCUT2D eigenvalue weighted by Crippen LogP contribution is -2.34. The zero-order valence-corrected chi connectivity index (χ0v) is 11.5. The van der Waals surface area contributed by atoms with E-state index in [0.717, 1.165) is 32.2 Å². The van der Waals surface area contributed by atoms with Crippen molar-refractivity contribution < 1.29 is 13.5 Å². The minimum absolute atomic E-state index is 0.166. The van der Waals surface area contributed by atoms with E-state index in [4.69, 9.17) is 4.74 Å². The SMILES string of the molecule is CCCNC(c1c(F)cc(OC)cc1F)C1CCC1. The Morgan fingerprint density at radius 3 is 2.37 bits per heavy atom. The predicted molar refractivity (Wildman–Crippen MR) is 71.3 cm³/mol. The normalized spacial score (nSPS) is 17.1. The van der Waals surface area contributed by atoms with Gasteiger partial charge in [0.1, 0.15) is 17.4 Å². The van der Waals surface area contributed by atoms with Crippen molar-refractivity contribution in [3.8, 4) is 5.75 Å². The van der Waals surface area contributed by atoms with Gasteiger partial charge in [-0.25, -0.2) is 8.78 Å². The number of methoxy groups -OCH3 is 1. The van der Waals surface area contributed by atoms with E-state index in [2.05, 4.69) is 5.32 Å². The van der Waals surface area contributed by atoms with Crippen LogP contribution in [-0.2, 0) is 0 Å². The molecule has 0 aliphatic heterocycles. The Bertz CT molecular complexity index is 409. The molecule has 19 heavy (non-hydrogen) atoms. The fourth-order valence-electron chi connectivity index (χ4n) is 2.55. The Kier molecular flexibility index (Phi) is 4.75. The molecule has 106 valence electrons. The minimum Gasteiger partial charge on any atom is -0.497 e. The maximum atomic E-state index is 14.1. The third kappa shape index (κ3) is 3.06. The van der Waals surface area contributed by atoms with Crippen molar-refractivity contribution in [1.82, 2.24) is 5.32 Å². The van der Waals surface area contributed by atoms with Crippen LogP contribution in [0, 0.1) is 17.6 Å². The maximum absolute atomic E-state index is 14.1. The van der Waals surface area contributed by atoms with Crippen LogP contribution >= 0.6 is 0 Å². The van der Waals surface area contributed by atoms with Gasteiger partial charge in [-0.05, 0) is 31.7 Å². The standard InChI is InChI=1S/C15H21F2NO/c1-3-7-18-15(10-5-4-6-10)14-12(16)8-11(19-2)9-13(14)17/h8-10,15,18H,3-7H2,1-2H3. The van der Waals surface area contributed by atoms with E-state index in [1.54, 1.807) is 0 Å². The second-order valence-electron chi connectivity index (χ2n) is 5.13. The number of ether oxygens (including phenoxy) is 1. The Balaban J connectivity index is 2.29. The fraction of sp³-hybridized carbons (Fsp3) is 0.600. The number of nitrogens with one attached hydrogen (secondary N) is 1. The van der Waals surface area contributed by atoms with Gasteiger partial charge in [-0.1, -0.05) is 13.3 Å². The van der Waals surface area contributed by atoms with Crippen molar-refractivity contribution in [2.24, 2.45) is 5.92 Å². The quantitative estimate of drug-likeness (QED) is 0.847. The maximum Gasteiger partial charge on any atom is 0.134 e. The number of hydrogen-bond donors (Lipinski definition) is 1. The van der Waals surface area contributed by atoms with Gasteiger partial charge in [0.2, 0.25) is 0 Å². The molecule has 2 rings (SSSR count). The first kappa shape index (κ1) is 14.3. The molecular formula is C15H21F2NO. The highest BCUT2D eigenvalue weighted by Gasteiger charge is 2.32. The molecule has 0 saturated heterocycles. The summed E-state index contributed by atoms with van der Waals surface area (Å²) in [5.74, 6) is -0.472. The van der Waals surface area contributed by atoms with Gasteiger partial charge in [0.15, 0.2) is 0 Å². The average Bonchev–Trinajstić information content (AvgIpc) is 2.32. The van der Waals surface area contributed by atoms with Gasteiger partial charge in [-0.2, -0.15) is 0 Å². The first-order chi connectivity index (χ1) is 9.17. The van der Waals surface area contributed by atoms with E-state index in [0.29, 0.717) is 5.92 Å². The summed E-state index contributed by atoms with van der Waals surface area (Å²) in [7, 11) is 1.41. The van der Waals surface area contributed by atoms with Gasteiger partial charge in [0.25, 0.3) is 0 Å². The molecule has 1 aromatic rings. The molecule has 1 atom stereocenters. The monoisotopic (exact) mass is 269 g/mol. The molecule has 0 radical (unpaired) electrons. The summed E-state index contributed by atoms with van der Waals surface area (Å²) in [4.78, 5) is 0. The largest absolute Gasteiger partial charge is 0.497 e. The van der Waals surface area contributed by atoms with Crippen LogP contribution in [0.3, 0.4) is 0 Å². The number of benzene rings is 1. The van der Waals surface area contributed by atoms with E-state index < -0.39 is 11.6 Å². The van der Waals surface area contributed by atoms with E-state index >= 15 is 0 Å². The van der Waals surface area contributed by atoms with Crippen LogP contribution in [0.2, 0.25) is 0 Å². The fourth-order valence-corrected chi connectivity index (χ4v) is 2.55. The topological polar surface area (TPSA) is 21.3 Å². The smallest absolute Gasteiger partial charge is 0.134 e. The van der Waals surface area contributed by atoms with Crippen LogP contribution in [0.4, 0.5) is 8.78 Å². The van der Waals surface area contributed by atoms with Crippen molar-refractivity contribution in [3.05, 3.63) is 29.3 Å². The molecule has 1 aromatic carbocycles. The highest BCUT2D eigenvalue weighted by atomic mass is 19.1. The second-order valence-corrected chi connectivity index (χ2v) is 5.13. The summed E-state index contributed by atoms with van der Waals surface area (Å²) in [6, 6.07) is 2.30. The zero-order chi connectivity index (χ0) is 13.8. The molecule has 0 spiro atoms. The van der Waals surface area contributed by atoms with Crippen LogP contribution < -0.4 is 10.1 Å². The molecule has 1 unspecified atom stereocenters. The summed E-state index contributed by atoms with van der Waals surface area (Å²) in [6.07, 6.45) is 4.16. The van der Waals surface area contributed by atoms with Crippen LogP contribution in [0.1, 0.15) is 44.2 Å². The summed E-state index contributed by atoms with van der Waals surface area (Å²) in [6.45, 7) is 2.82. The Hall–Kier alpha value is -1.16. The number of hydrogen-bond acceptors (Lipinski definition) is 2. The van der Waals surface area contributed by atoms with Gasteiger partial charge in [0.05, 0.1) is 7.11 Å². The molecule has 1 aliphatic rings. The van der Waals surface area contributed by atoms with E-state index in [1.165, 1.54) is 19.2 Å². The molecule has 0 aromatic heterocycles. The summed E-state index contributed by atoms with van der Waals surface area (Å²) in [5, 5.41) is 3.29. The summed E-state index contributed by atoms with van der Waals surface area (Å²) < 4.78 is 33.2. The lowest BCUT2D eigenvalue weighted by Gasteiger charge is -2.35. The Morgan fingerprint density at radius 2 is 1.95 bits per heavy atom. The van der Waals surface area contributed by atoms with Crippen molar-refractivity contribution >= 4 is 0 Å². The van der Waals surface area contributed by atoms with Crippen LogP contribution in [0.5, 0.6) is 5.75 Å². The van der Waals surface area contributed by atoms with Crippen LogP contribution in [0.25, 0.3) is 0 Å². The van der Waals surface area contributed by atoms with Crippen molar-refractivity contribution in [3.63, 3.8) is 0 Å². The summed E-state index contributed by atoms with van der Waals surface area (Å²) in [5.41, 5.74) is 0.166. The van der Waals surface area contributed by atoms with E-state index in [-0.39, 0.29) is 17.4 Å². The van der Waals surface area contributed by atoms with Crippen LogP contribution in [-0.4, -0.2) is 13.7 Å². The van der Waals surface area contributed by atoms with Gasteiger partial charge < -0.3 is 10.1 Å².